The van der Waals surface area contributed by atoms with E-state index in [1.54, 1.807) is 11.8 Å². The van der Waals surface area contributed by atoms with Gasteiger partial charge in [-0.2, -0.15) is 0 Å². The zero-order chi connectivity index (χ0) is 14.4. The summed E-state index contributed by atoms with van der Waals surface area (Å²) < 4.78 is 1.94. The molecule has 1 aliphatic carbocycles. The molecule has 1 atom stereocenters. The van der Waals surface area contributed by atoms with Crippen molar-refractivity contribution in [1.82, 2.24) is 25.5 Å². The minimum atomic E-state index is -0.368. The van der Waals surface area contributed by atoms with E-state index in [0.717, 1.165) is 24.5 Å². The molecule has 0 saturated heterocycles. The zero-order valence-corrected chi connectivity index (χ0v) is 13.1. The SMILES string of the molecule is CC(C)CNCC(O)CSc1nnnn1C1CCCC1. The molecule has 0 aliphatic heterocycles. The van der Waals surface area contributed by atoms with Crippen molar-refractivity contribution in [3.05, 3.63) is 0 Å². The molecule has 6 nitrogen and oxygen atoms in total. The van der Waals surface area contributed by atoms with E-state index in [0.29, 0.717) is 24.3 Å². The first kappa shape index (κ1) is 15.7. The van der Waals surface area contributed by atoms with Crippen LogP contribution < -0.4 is 5.32 Å². The van der Waals surface area contributed by atoms with Gasteiger partial charge in [-0.15, -0.1) is 5.10 Å². The molecule has 1 unspecified atom stereocenters. The normalized spacial score (nSPS) is 18.0. The number of aliphatic hydroxyl groups excluding tert-OH is 1. The summed E-state index contributed by atoms with van der Waals surface area (Å²) in [5.41, 5.74) is 0. The Hall–Kier alpha value is -0.660. The number of aromatic nitrogens is 4. The summed E-state index contributed by atoms with van der Waals surface area (Å²) in [5.74, 6) is 1.22. The third-order valence-electron chi connectivity index (χ3n) is 3.47. The van der Waals surface area contributed by atoms with Crippen LogP contribution in [-0.2, 0) is 0 Å². The van der Waals surface area contributed by atoms with Crippen molar-refractivity contribution in [2.45, 2.75) is 56.8 Å². The number of hydrogen-bond donors (Lipinski definition) is 2. The van der Waals surface area contributed by atoms with Crippen LogP contribution in [0.25, 0.3) is 0 Å². The maximum absolute atomic E-state index is 9.96. The van der Waals surface area contributed by atoms with E-state index in [9.17, 15) is 5.11 Å². The van der Waals surface area contributed by atoms with Crippen molar-refractivity contribution >= 4 is 11.8 Å². The molecule has 7 heteroatoms. The molecule has 20 heavy (non-hydrogen) atoms. The van der Waals surface area contributed by atoms with E-state index in [-0.39, 0.29) is 6.10 Å². The summed E-state index contributed by atoms with van der Waals surface area (Å²) in [6.07, 6.45) is 4.48. The second kappa shape index (κ2) is 7.95. The number of hydrogen-bond acceptors (Lipinski definition) is 6. The molecule has 1 fully saturated rings. The quantitative estimate of drug-likeness (QED) is 0.708. The van der Waals surface area contributed by atoms with Crippen molar-refractivity contribution in [3.63, 3.8) is 0 Å². The highest BCUT2D eigenvalue weighted by Gasteiger charge is 2.22. The van der Waals surface area contributed by atoms with Gasteiger partial charge in [-0.05, 0) is 35.7 Å². The highest BCUT2D eigenvalue weighted by Crippen LogP contribution is 2.31. The summed E-state index contributed by atoms with van der Waals surface area (Å²) >= 11 is 1.54. The summed E-state index contributed by atoms with van der Waals surface area (Å²) in [6, 6.07) is 0.448. The molecule has 1 aromatic rings. The second-order valence-corrected chi connectivity index (χ2v) is 6.85. The Balaban J connectivity index is 1.74. The van der Waals surface area contributed by atoms with Crippen LogP contribution in [0.5, 0.6) is 0 Å². The molecule has 114 valence electrons. The number of nitrogens with zero attached hydrogens (tertiary/aromatic N) is 4. The van der Waals surface area contributed by atoms with Gasteiger partial charge in [0.1, 0.15) is 0 Å². The number of thioether (sulfide) groups is 1. The number of aliphatic hydroxyl groups is 1. The van der Waals surface area contributed by atoms with Crippen LogP contribution in [0.2, 0.25) is 0 Å². The Morgan fingerprint density at radius 1 is 1.35 bits per heavy atom. The average Bonchev–Trinajstić information content (AvgIpc) is 3.06. The van der Waals surface area contributed by atoms with Gasteiger partial charge in [0.25, 0.3) is 0 Å². The molecule has 1 aliphatic rings. The molecular formula is C13H25N5OS. The summed E-state index contributed by atoms with van der Waals surface area (Å²) in [7, 11) is 0. The molecule has 0 aromatic carbocycles. The fourth-order valence-electron chi connectivity index (χ4n) is 2.43. The fourth-order valence-corrected chi connectivity index (χ4v) is 3.30. The number of nitrogens with one attached hydrogen (secondary N) is 1. The second-order valence-electron chi connectivity index (χ2n) is 5.86. The Bertz CT molecular complexity index is 392. The molecule has 0 radical (unpaired) electrons. The lowest BCUT2D eigenvalue weighted by atomic mass is 10.2. The minimum absolute atomic E-state index is 0.368. The largest absolute Gasteiger partial charge is 0.391 e. The Kier molecular flexibility index (Phi) is 6.25. The lowest BCUT2D eigenvalue weighted by Gasteiger charge is -2.14. The highest BCUT2D eigenvalue weighted by atomic mass is 32.2. The van der Waals surface area contributed by atoms with E-state index in [2.05, 4.69) is 34.7 Å². The van der Waals surface area contributed by atoms with Gasteiger partial charge in [0.15, 0.2) is 0 Å². The molecule has 0 amide bonds. The van der Waals surface area contributed by atoms with Gasteiger partial charge in [-0.25, -0.2) is 4.68 Å². The van der Waals surface area contributed by atoms with Crippen LogP contribution in [0, 0.1) is 5.92 Å². The third kappa shape index (κ3) is 4.71. The van der Waals surface area contributed by atoms with E-state index >= 15 is 0 Å². The van der Waals surface area contributed by atoms with Gasteiger partial charge in [0.2, 0.25) is 5.16 Å². The van der Waals surface area contributed by atoms with Crippen molar-refractivity contribution in [3.8, 4) is 0 Å². The van der Waals surface area contributed by atoms with Gasteiger partial charge in [0, 0.05) is 12.3 Å². The zero-order valence-electron chi connectivity index (χ0n) is 12.3. The molecule has 1 saturated carbocycles. The lowest BCUT2D eigenvalue weighted by molar-refractivity contribution is 0.194. The predicted molar refractivity (Wildman–Crippen MR) is 79.8 cm³/mol. The first-order chi connectivity index (χ1) is 9.66. The summed E-state index contributed by atoms with van der Waals surface area (Å²) in [4.78, 5) is 0. The monoisotopic (exact) mass is 299 g/mol. The average molecular weight is 299 g/mol. The Morgan fingerprint density at radius 2 is 2.10 bits per heavy atom. The van der Waals surface area contributed by atoms with Crippen molar-refractivity contribution in [1.29, 1.82) is 0 Å². The van der Waals surface area contributed by atoms with Gasteiger partial charge >= 0.3 is 0 Å². The van der Waals surface area contributed by atoms with Crippen LogP contribution in [0.15, 0.2) is 5.16 Å². The van der Waals surface area contributed by atoms with Crippen LogP contribution >= 0.6 is 11.8 Å². The standard InChI is InChI=1S/C13H25N5OS/c1-10(2)7-14-8-12(19)9-20-13-15-16-17-18(13)11-5-3-4-6-11/h10-12,14,19H,3-9H2,1-2H3. The highest BCUT2D eigenvalue weighted by molar-refractivity contribution is 7.99. The molecule has 1 heterocycles. The predicted octanol–water partition coefficient (Wildman–Crippen LogP) is 1.49. The molecule has 0 bridgehead atoms. The van der Waals surface area contributed by atoms with E-state index in [1.165, 1.54) is 12.8 Å². The Labute approximate surface area is 124 Å². The first-order valence-electron chi connectivity index (χ1n) is 7.46. The van der Waals surface area contributed by atoms with Gasteiger partial charge in [0.05, 0.1) is 12.1 Å². The van der Waals surface area contributed by atoms with Crippen LogP contribution in [0.1, 0.15) is 45.6 Å². The molecule has 2 rings (SSSR count). The Morgan fingerprint density at radius 3 is 2.80 bits per heavy atom. The lowest BCUT2D eigenvalue weighted by Crippen LogP contribution is -2.31. The fraction of sp³-hybridized carbons (Fsp3) is 0.923. The number of tetrazole rings is 1. The van der Waals surface area contributed by atoms with Gasteiger partial charge < -0.3 is 10.4 Å². The molecule has 2 N–H and O–H groups in total. The van der Waals surface area contributed by atoms with Gasteiger partial charge in [-0.1, -0.05) is 38.5 Å². The first-order valence-corrected chi connectivity index (χ1v) is 8.45. The van der Waals surface area contributed by atoms with E-state index in [1.807, 2.05) is 4.68 Å². The van der Waals surface area contributed by atoms with E-state index < -0.39 is 0 Å². The topological polar surface area (TPSA) is 75.9 Å². The van der Waals surface area contributed by atoms with Crippen molar-refractivity contribution < 1.29 is 5.11 Å². The third-order valence-corrected chi connectivity index (χ3v) is 4.55. The smallest absolute Gasteiger partial charge is 0.209 e. The minimum Gasteiger partial charge on any atom is -0.391 e. The van der Waals surface area contributed by atoms with Crippen LogP contribution in [0.3, 0.4) is 0 Å². The maximum atomic E-state index is 9.96. The summed E-state index contributed by atoms with van der Waals surface area (Å²) in [6.45, 7) is 5.87. The van der Waals surface area contributed by atoms with Gasteiger partial charge in [-0.3, -0.25) is 0 Å². The van der Waals surface area contributed by atoms with Crippen molar-refractivity contribution in [2.24, 2.45) is 5.92 Å². The van der Waals surface area contributed by atoms with E-state index in [4.69, 9.17) is 0 Å². The van der Waals surface area contributed by atoms with Crippen LogP contribution in [-0.4, -0.2) is 50.3 Å². The number of rotatable bonds is 8. The van der Waals surface area contributed by atoms with Crippen LogP contribution in [0.4, 0.5) is 0 Å². The molecular weight excluding hydrogens is 274 g/mol. The molecule has 1 aromatic heterocycles. The summed E-state index contributed by atoms with van der Waals surface area (Å²) in [5, 5.41) is 26.0. The maximum Gasteiger partial charge on any atom is 0.209 e. The molecule has 0 spiro atoms. The van der Waals surface area contributed by atoms with Crippen molar-refractivity contribution in [2.75, 3.05) is 18.8 Å².